The molecule has 0 fully saturated rings. The van der Waals surface area contributed by atoms with Crippen molar-refractivity contribution in [2.45, 2.75) is 6.54 Å². The van der Waals surface area contributed by atoms with Crippen LogP contribution in [0.3, 0.4) is 0 Å². The lowest BCUT2D eigenvalue weighted by Gasteiger charge is -2.02. The molecule has 0 saturated heterocycles. The minimum absolute atomic E-state index is 0.528. The highest BCUT2D eigenvalue weighted by atomic mass is 32.1. The Balaban J connectivity index is 1.98. The number of hydrogen-bond donors (Lipinski definition) is 1. The summed E-state index contributed by atoms with van der Waals surface area (Å²) in [6.07, 6.45) is 3.14. The lowest BCUT2D eigenvalue weighted by atomic mass is 10.4. The average Bonchev–Trinajstić information content (AvgIpc) is 2.85. The van der Waals surface area contributed by atoms with E-state index in [1.165, 1.54) is 6.26 Å². The van der Waals surface area contributed by atoms with Gasteiger partial charge in [-0.15, -0.1) is 11.3 Å². The maximum absolute atomic E-state index is 5.17. The Morgan fingerprint density at radius 2 is 2.57 bits per heavy atom. The Bertz CT molecular complexity index is 383. The fourth-order valence-corrected chi connectivity index (χ4v) is 1.89. The quantitative estimate of drug-likeness (QED) is 0.841. The molecule has 0 bridgehead atoms. The maximum atomic E-state index is 5.17. The van der Waals surface area contributed by atoms with Gasteiger partial charge in [-0.25, -0.2) is 4.98 Å². The highest BCUT2D eigenvalue weighted by molar-refractivity contribution is 7.10. The Hall–Kier alpha value is -1.49. The average molecular weight is 210 g/mol. The zero-order valence-corrected chi connectivity index (χ0v) is 8.50. The molecule has 0 saturated carbocycles. The largest absolute Gasteiger partial charge is 0.496 e. The van der Waals surface area contributed by atoms with Crippen molar-refractivity contribution in [3.8, 4) is 5.75 Å². The molecule has 0 unspecified atom stereocenters. The molecule has 0 atom stereocenters. The van der Waals surface area contributed by atoms with E-state index in [1.54, 1.807) is 24.6 Å². The second-order valence-corrected chi connectivity index (χ2v) is 3.60. The number of rotatable bonds is 4. The number of nitrogens with zero attached hydrogens (tertiary/aromatic N) is 1. The Kier molecular flexibility index (Phi) is 2.69. The van der Waals surface area contributed by atoms with Crippen molar-refractivity contribution in [3.05, 3.63) is 28.8 Å². The smallest absolute Gasteiger partial charge is 0.294 e. The van der Waals surface area contributed by atoms with E-state index in [9.17, 15) is 0 Å². The molecule has 2 aromatic heterocycles. The molecule has 0 aliphatic carbocycles. The van der Waals surface area contributed by atoms with Crippen LogP contribution in [-0.2, 0) is 6.54 Å². The van der Waals surface area contributed by atoms with Gasteiger partial charge in [-0.05, 0) is 11.4 Å². The lowest BCUT2D eigenvalue weighted by Crippen LogP contribution is -1.98. The summed E-state index contributed by atoms with van der Waals surface area (Å²) in [6, 6.07) is 2.47. The molecular formula is C9H10N2O2S. The summed E-state index contributed by atoms with van der Waals surface area (Å²) in [7, 11) is 1.66. The van der Waals surface area contributed by atoms with Crippen LogP contribution in [0.25, 0.3) is 0 Å². The van der Waals surface area contributed by atoms with Gasteiger partial charge in [0.1, 0.15) is 12.0 Å². The summed E-state index contributed by atoms with van der Waals surface area (Å²) in [5.41, 5.74) is 0. The Labute approximate surface area is 85.5 Å². The molecule has 0 amide bonds. The molecule has 2 rings (SSSR count). The van der Waals surface area contributed by atoms with Crippen molar-refractivity contribution < 1.29 is 9.15 Å². The number of aromatic nitrogens is 1. The van der Waals surface area contributed by atoms with Gasteiger partial charge in [-0.1, -0.05) is 0 Å². The Morgan fingerprint density at radius 3 is 3.29 bits per heavy atom. The fraction of sp³-hybridized carbons (Fsp3) is 0.222. The molecule has 1 N–H and O–H groups in total. The molecule has 0 radical (unpaired) electrons. The van der Waals surface area contributed by atoms with E-state index in [2.05, 4.69) is 10.3 Å². The van der Waals surface area contributed by atoms with Gasteiger partial charge in [0, 0.05) is 0 Å². The summed E-state index contributed by atoms with van der Waals surface area (Å²) >= 11 is 1.64. The minimum Gasteiger partial charge on any atom is -0.496 e. The van der Waals surface area contributed by atoms with Crippen LogP contribution in [0.2, 0.25) is 0 Å². The third kappa shape index (κ3) is 1.88. The number of ether oxygens (including phenoxy) is 1. The second-order valence-electron chi connectivity index (χ2n) is 2.60. The van der Waals surface area contributed by atoms with E-state index in [4.69, 9.17) is 9.15 Å². The van der Waals surface area contributed by atoms with Gasteiger partial charge in [-0.3, -0.25) is 0 Å². The van der Waals surface area contributed by atoms with E-state index >= 15 is 0 Å². The van der Waals surface area contributed by atoms with Crippen LogP contribution in [0.5, 0.6) is 5.75 Å². The standard InChI is InChI=1S/C9H10N2O2S/c1-12-7-2-5-14-8(7)6-11-9-10-3-4-13-9/h2-5H,6H2,1H3,(H,10,11). The van der Waals surface area contributed by atoms with Crippen molar-refractivity contribution >= 4 is 17.4 Å². The van der Waals surface area contributed by atoms with Gasteiger partial charge in [-0.2, -0.15) is 0 Å². The van der Waals surface area contributed by atoms with Gasteiger partial charge < -0.3 is 14.5 Å². The van der Waals surface area contributed by atoms with E-state index < -0.39 is 0 Å². The minimum atomic E-state index is 0.528. The second kappa shape index (κ2) is 4.15. The molecule has 0 aromatic carbocycles. The van der Waals surface area contributed by atoms with Gasteiger partial charge in [0.15, 0.2) is 0 Å². The summed E-state index contributed by atoms with van der Waals surface area (Å²) in [6.45, 7) is 0.668. The number of nitrogens with one attached hydrogen (secondary N) is 1. The molecule has 4 nitrogen and oxygen atoms in total. The lowest BCUT2D eigenvalue weighted by molar-refractivity contribution is 0.412. The summed E-state index contributed by atoms with van der Waals surface area (Å²) in [4.78, 5) is 5.09. The van der Waals surface area contributed by atoms with Crippen molar-refractivity contribution in [3.63, 3.8) is 0 Å². The van der Waals surface area contributed by atoms with Crippen LogP contribution in [0.1, 0.15) is 4.88 Å². The SMILES string of the molecule is COc1ccsc1CNc1ncco1. The zero-order valence-electron chi connectivity index (χ0n) is 7.69. The van der Waals surface area contributed by atoms with Crippen LogP contribution < -0.4 is 10.1 Å². The topological polar surface area (TPSA) is 47.3 Å². The molecule has 0 aliphatic rings. The van der Waals surface area contributed by atoms with Crippen LogP contribution in [0.15, 0.2) is 28.3 Å². The van der Waals surface area contributed by atoms with Crippen LogP contribution >= 0.6 is 11.3 Å². The molecule has 0 aliphatic heterocycles. The number of oxazole rings is 1. The third-order valence-corrected chi connectivity index (χ3v) is 2.66. The van der Waals surface area contributed by atoms with E-state index in [1.807, 2.05) is 11.4 Å². The van der Waals surface area contributed by atoms with E-state index in [0.717, 1.165) is 10.6 Å². The molecule has 14 heavy (non-hydrogen) atoms. The van der Waals surface area contributed by atoms with E-state index in [0.29, 0.717) is 12.6 Å². The number of anilines is 1. The molecule has 5 heteroatoms. The van der Waals surface area contributed by atoms with Crippen molar-refractivity contribution in [1.29, 1.82) is 0 Å². The molecule has 74 valence electrons. The number of thiophene rings is 1. The maximum Gasteiger partial charge on any atom is 0.294 e. The highest BCUT2D eigenvalue weighted by Gasteiger charge is 2.04. The third-order valence-electron chi connectivity index (χ3n) is 1.76. The van der Waals surface area contributed by atoms with Crippen molar-refractivity contribution in [1.82, 2.24) is 4.98 Å². The van der Waals surface area contributed by atoms with Gasteiger partial charge in [0.05, 0.1) is 24.7 Å². The summed E-state index contributed by atoms with van der Waals surface area (Å²) < 4.78 is 10.2. The first-order chi connectivity index (χ1) is 6.90. The van der Waals surface area contributed by atoms with Crippen LogP contribution in [-0.4, -0.2) is 12.1 Å². The van der Waals surface area contributed by atoms with Crippen molar-refractivity contribution in [2.75, 3.05) is 12.4 Å². The summed E-state index contributed by atoms with van der Waals surface area (Å²) in [5.74, 6) is 0.897. The summed E-state index contributed by atoms with van der Waals surface area (Å²) in [5, 5.41) is 5.05. The number of methoxy groups -OCH3 is 1. The molecular weight excluding hydrogens is 200 g/mol. The predicted octanol–water partition coefficient (Wildman–Crippen LogP) is 2.36. The predicted molar refractivity (Wildman–Crippen MR) is 54.7 cm³/mol. The Morgan fingerprint density at radius 1 is 1.64 bits per heavy atom. The fourth-order valence-electron chi connectivity index (χ4n) is 1.11. The van der Waals surface area contributed by atoms with Crippen LogP contribution in [0, 0.1) is 0 Å². The molecule has 2 aromatic rings. The monoisotopic (exact) mass is 210 g/mol. The van der Waals surface area contributed by atoms with Crippen LogP contribution in [0.4, 0.5) is 6.01 Å². The van der Waals surface area contributed by atoms with E-state index in [-0.39, 0.29) is 0 Å². The normalized spacial score (nSPS) is 10.1. The highest BCUT2D eigenvalue weighted by Crippen LogP contribution is 2.24. The first-order valence-electron chi connectivity index (χ1n) is 4.14. The van der Waals surface area contributed by atoms with Gasteiger partial charge in [0.25, 0.3) is 6.01 Å². The van der Waals surface area contributed by atoms with Crippen molar-refractivity contribution in [2.24, 2.45) is 0 Å². The van der Waals surface area contributed by atoms with Gasteiger partial charge >= 0.3 is 0 Å². The molecule has 2 heterocycles. The first-order valence-corrected chi connectivity index (χ1v) is 5.02. The zero-order chi connectivity index (χ0) is 9.80. The molecule has 0 spiro atoms. The number of hydrogen-bond acceptors (Lipinski definition) is 5. The first kappa shape index (κ1) is 9.08. The van der Waals surface area contributed by atoms with Gasteiger partial charge in [0.2, 0.25) is 0 Å².